The summed E-state index contributed by atoms with van der Waals surface area (Å²) in [5.74, 6) is 0.786. The van der Waals surface area contributed by atoms with Crippen molar-refractivity contribution < 1.29 is 9.53 Å². The van der Waals surface area contributed by atoms with Crippen molar-refractivity contribution in [1.82, 2.24) is 5.32 Å². The van der Waals surface area contributed by atoms with Crippen LogP contribution in [-0.2, 0) is 4.79 Å². The first-order valence-corrected chi connectivity index (χ1v) is 8.75. The van der Waals surface area contributed by atoms with Gasteiger partial charge in [0.2, 0.25) is 5.91 Å². The lowest BCUT2D eigenvalue weighted by Crippen LogP contribution is -2.41. The van der Waals surface area contributed by atoms with Gasteiger partial charge in [0.15, 0.2) is 0 Å². The van der Waals surface area contributed by atoms with Gasteiger partial charge in [-0.05, 0) is 36.6 Å². The quantitative estimate of drug-likeness (QED) is 0.754. The second-order valence-corrected chi connectivity index (χ2v) is 6.79. The average molecular weight is 361 g/mol. The lowest BCUT2D eigenvalue weighted by Gasteiger charge is -2.26. The molecule has 4 nitrogen and oxygen atoms in total. The van der Waals surface area contributed by atoms with Crippen LogP contribution in [0.2, 0.25) is 5.02 Å². The molecule has 1 amide bonds. The van der Waals surface area contributed by atoms with Gasteiger partial charge in [0.1, 0.15) is 5.75 Å². The molecule has 5 heteroatoms. The fourth-order valence-corrected chi connectivity index (χ4v) is 2.87. The van der Waals surface area contributed by atoms with Gasteiger partial charge >= 0.3 is 0 Å². The molecule has 0 spiro atoms. The first kappa shape index (κ1) is 19.3. The highest BCUT2D eigenvalue weighted by molar-refractivity contribution is 6.31. The summed E-state index contributed by atoms with van der Waals surface area (Å²) in [7, 11) is 1.56. The van der Waals surface area contributed by atoms with Crippen molar-refractivity contribution in [3.63, 3.8) is 0 Å². The van der Waals surface area contributed by atoms with Gasteiger partial charge in [-0.3, -0.25) is 10.1 Å². The standard InChI is InChI=1S/C20H25ClN2O2/c1-13(2)19(15-8-6-5-7-9-15)22-14(3)20(24)23-17-12-16(21)10-11-18(17)25-4/h5-14,19,22H,1-4H3,(H,23,24)/t14-,19-/m1/s1. The molecular weight excluding hydrogens is 336 g/mol. The molecule has 0 saturated carbocycles. The number of ether oxygens (including phenoxy) is 1. The molecule has 2 atom stereocenters. The van der Waals surface area contributed by atoms with Crippen LogP contribution in [0.3, 0.4) is 0 Å². The molecule has 0 saturated heterocycles. The summed E-state index contributed by atoms with van der Waals surface area (Å²) in [4.78, 5) is 12.6. The molecule has 2 aromatic carbocycles. The number of carbonyl (C=O) groups is 1. The summed E-state index contributed by atoms with van der Waals surface area (Å²) in [6.45, 7) is 6.12. The Morgan fingerprint density at radius 1 is 1.08 bits per heavy atom. The van der Waals surface area contributed by atoms with Crippen molar-refractivity contribution in [2.24, 2.45) is 5.92 Å². The highest BCUT2D eigenvalue weighted by Crippen LogP contribution is 2.28. The smallest absolute Gasteiger partial charge is 0.241 e. The van der Waals surface area contributed by atoms with Gasteiger partial charge in [-0.2, -0.15) is 0 Å². The van der Waals surface area contributed by atoms with Gasteiger partial charge in [0.05, 0.1) is 18.8 Å². The monoisotopic (exact) mass is 360 g/mol. The second kappa shape index (κ2) is 8.88. The van der Waals surface area contributed by atoms with E-state index in [2.05, 4.69) is 36.6 Å². The zero-order valence-electron chi connectivity index (χ0n) is 15.0. The van der Waals surface area contributed by atoms with Gasteiger partial charge in [0.25, 0.3) is 0 Å². The largest absolute Gasteiger partial charge is 0.495 e. The van der Waals surface area contributed by atoms with E-state index in [1.165, 1.54) is 0 Å². The van der Waals surface area contributed by atoms with Crippen LogP contribution in [0.15, 0.2) is 48.5 Å². The fraction of sp³-hybridized carbons (Fsp3) is 0.350. The van der Waals surface area contributed by atoms with Crippen LogP contribution >= 0.6 is 11.6 Å². The number of methoxy groups -OCH3 is 1. The average Bonchev–Trinajstić information content (AvgIpc) is 2.60. The highest BCUT2D eigenvalue weighted by atomic mass is 35.5. The first-order valence-electron chi connectivity index (χ1n) is 8.37. The van der Waals surface area contributed by atoms with E-state index >= 15 is 0 Å². The third kappa shape index (κ3) is 5.21. The number of anilines is 1. The predicted molar refractivity (Wildman–Crippen MR) is 103 cm³/mol. The molecule has 25 heavy (non-hydrogen) atoms. The van der Waals surface area contributed by atoms with Crippen molar-refractivity contribution in [1.29, 1.82) is 0 Å². The molecule has 0 aliphatic heterocycles. The van der Waals surface area contributed by atoms with Crippen LogP contribution in [0.25, 0.3) is 0 Å². The first-order chi connectivity index (χ1) is 11.9. The minimum Gasteiger partial charge on any atom is -0.495 e. The van der Waals surface area contributed by atoms with Gasteiger partial charge < -0.3 is 10.1 Å². The highest BCUT2D eigenvalue weighted by Gasteiger charge is 2.22. The van der Waals surface area contributed by atoms with Gasteiger partial charge in [0, 0.05) is 11.1 Å². The minimum atomic E-state index is -0.378. The van der Waals surface area contributed by atoms with E-state index in [4.69, 9.17) is 16.3 Å². The lowest BCUT2D eigenvalue weighted by atomic mass is 9.95. The summed E-state index contributed by atoms with van der Waals surface area (Å²) < 4.78 is 5.28. The number of rotatable bonds is 7. The number of carbonyl (C=O) groups excluding carboxylic acids is 1. The van der Waals surface area contributed by atoms with E-state index in [1.807, 2.05) is 25.1 Å². The summed E-state index contributed by atoms with van der Waals surface area (Å²) >= 11 is 6.02. The number of amides is 1. The Balaban J connectivity index is 2.10. The number of hydrogen-bond donors (Lipinski definition) is 2. The normalized spacial score (nSPS) is 13.4. The van der Waals surface area contributed by atoms with E-state index in [1.54, 1.807) is 25.3 Å². The second-order valence-electron chi connectivity index (χ2n) is 6.35. The molecule has 2 aromatic rings. The van der Waals surface area contributed by atoms with Crippen LogP contribution in [0.5, 0.6) is 5.75 Å². The molecule has 0 unspecified atom stereocenters. The molecule has 0 aliphatic carbocycles. The SMILES string of the molecule is COc1ccc(Cl)cc1NC(=O)[C@@H](C)N[C@@H](c1ccccc1)C(C)C. The predicted octanol–water partition coefficient (Wildman–Crippen LogP) is 4.66. The number of benzene rings is 2. The number of hydrogen-bond acceptors (Lipinski definition) is 3. The molecule has 0 heterocycles. The molecule has 0 aliphatic rings. The summed E-state index contributed by atoms with van der Waals surface area (Å²) in [5, 5.41) is 6.85. The van der Waals surface area contributed by atoms with Crippen LogP contribution in [0.1, 0.15) is 32.4 Å². The Bertz CT molecular complexity index is 704. The summed E-state index contributed by atoms with van der Waals surface area (Å²) in [5.41, 5.74) is 1.73. The number of halogens is 1. The fourth-order valence-electron chi connectivity index (χ4n) is 2.70. The molecule has 0 radical (unpaired) electrons. The Kier molecular flexibility index (Phi) is 6.85. The van der Waals surface area contributed by atoms with E-state index in [0.29, 0.717) is 22.4 Å². The molecule has 2 N–H and O–H groups in total. The summed E-state index contributed by atoms with van der Waals surface area (Å²) in [6, 6.07) is 15.0. The van der Waals surface area contributed by atoms with Crippen LogP contribution in [0.4, 0.5) is 5.69 Å². The number of nitrogens with one attached hydrogen (secondary N) is 2. The van der Waals surface area contributed by atoms with Crippen LogP contribution in [-0.4, -0.2) is 19.1 Å². The molecule has 134 valence electrons. The van der Waals surface area contributed by atoms with Crippen molar-refractivity contribution >= 4 is 23.2 Å². The van der Waals surface area contributed by atoms with Crippen molar-refractivity contribution in [3.05, 3.63) is 59.1 Å². The Morgan fingerprint density at radius 3 is 2.36 bits per heavy atom. The van der Waals surface area contributed by atoms with Gasteiger partial charge in [-0.15, -0.1) is 0 Å². The van der Waals surface area contributed by atoms with Crippen molar-refractivity contribution in [2.75, 3.05) is 12.4 Å². The zero-order valence-corrected chi connectivity index (χ0v) is 15.8. The van der Waals surface area contributed by atoms with E-state index < -0.39 is 0 Å². The third-order valence-electron chi connectivity index (χ3n) is 4.07. The van der Waals surface area contributed by atoms with E-state index in [0.717, 1.165) is 5.56 Å². The summed E-state index contributed by atoms with van der Waals surface area (Å²) in [6.07, 6.45) is 0. The topological polar surface area (TPSA) is 50.4 Å². The molecule has 0 bridgehead atoms. The van der Waals surface area contributed by atoms with E-state index in [9.17, 15) is 4.79 Å². The van der Waals surface area contributed by atoms with Crippen molar-refractivity contribution in [2.45, 2.75) is 32.9 Å². The minimum absolute atomic E-state index is 0.0863. The zero-order chi connectivity index (χ0) is 18.4. The molecule has 0 aromatic heterocycles. The van der Waals surface area contributed by atoms with Crippen LogP contribution in [0, 0.1) is 5.92 Å². The molecule has 2 rings (SSSR count). The van der Waals surface area contributed by atoms with Crippen LogP contribution < -0.4 is 15.4 Å². The maximum absolute atomic E-state index is 12.6. The van der Waals surface area contributed by atoms with Gasteiger partial charge in [-0.1, -0.05) is 55.8 Å². The Hall–Kier alpha value is -2.04. The Morgan fingerprint density at radius 2 is 1.76 bits per heavy atom. The maximum Gasteiger partial charge on any atom is 0.241 e. The van der Waals surface area contributed by atoms with Crippen molar-refractivity contribution in [3.8, 4) is 5.75 Å². The third-order valence-corrected chi connectivity index (χ3v) is 4.30. The maximum atomic E-state index is 12.6. The van der Waals surface area contributed by atoms with Gasteiger partial charge in [-0.25, -0.2) is 0 Å². The van der Waals surface area contributed by atoms with E-state index in [-0.39, 0.29) is 18.0 Å². The lowest BCUT2D eigenvalue weighted by molar-refractivity contribution is -0.118. The molecule has 0 fully saturated rings. The molecular formula is C20H25ClN2O2. The Labute approximate surface area is 154 Å².